The van der Waals surface area contributed by atoms with Crippen molar-refractivity contribution in [2.45, 2.75) is 17.7 Å². The predicted molar refractivity (Wildman–Crippen MR) is 112 cm³/mol. The molecule has 0 aliphatic rings. The van der Waals surface area contributed by atoms with E-state index in [1.54, 1.807) is 12.1 Å². The van der Waals surface area contributed by atoms with Gasteiger partial charge >= 0.3 is 11.8 Å². The van der Waals surface area contributed by atoms with Gasteiger partial charge in [0.15, 0.2) is 20.1 Å². The predicted octanol–water partition coefficient (Wildman–Crippen LogP) is 2.64. The van der Waals surface area contributed by atoms with E-state index in [0.717, 1.165) is 20.5 Å². The molecule has 0 fully saturated rings. The fraction of sp³-hybridized carbons (Fsp3) is 0.312. The van der Waals surface area contributed by atoms with E-state index in [-0.39, 0.29) is 14.5 Å². The first-order valence-corrected chi connectivity index (χ1v) is 11.0. The number of anilines is 2. The number of rotatable bonds is 5. The molecule has 156 valence electrons. The SMILES string of the molecule is CCn1c(=O)oc2cc(NC(=O)N(C)c3nc(Cl)c(S(=O)(=O)N(C)C)s3)ccc21. The molecular weight excluding hydrogens is 442 g/mol. The van der Waals surface area contributed by atoms with Crippen molar-refractivity contribution in [3.8, 4) is 0 Å². The number of benzene rings is 1. The summed E-state index contributed by atoms with van der Waals surface area (Å²) in [6.07, 6.45) is 0. The van der Waals surface area contributed by atoms with Crippen molar-refractivity contribution in [3.63, 3.8) is 0 Å². The number of urea groups is 1. The first kappa shape index (κ1) is 21.3. The highest BCUT2D eigenvalue weighted by Gasteiger charge is 2.27. The van der Waals surface area contributed by atoms with Crippen LogP contribution < -0.4 is 16.0 Å². The van der Waals surface area contributed by atoms with Crippen LogP contribution in [0, 0.1) is 0 Å². The number of carbonyl (C=O) groups excluding carboxylic acids is 1. The van der Waals surface area contributed by atoms with Gasteiger partial charge in [-0.15, -0.1) is 0 Å². The van der Waals surface area contributed by atoms with Gasteiger partial charge < -0.3 is 9.73 Å². The van der Waals surface area contributed by atoms with E-state index in [2.05, 4.69) is 10.3 Å². The number of amides is 2. The van der Waals surface area contributed by atoms with Crippen molar-refractivity contribution >= 4 is 60.9 Å². The van der Waals surface area contributed by atoms with Crippen LogP contribution in [-0.4, -0.2) is 49.4 Å². The maximum Gasteiger partial charge on any atom is 0.419 e. The summed E-state index contributed by atoms with van der Waals surface area (Å²) < 4.78 is 32.1. The zero-order valence-corrected chi connectivity index (χ0v) is 18.4. The first-order valence-electron chi connectivity index (χ1n) is 8.33. The smallest absolute Gasteiger partial charge is 0.408 e. The van der Waals surface area contributed by atoms with Gasteiger partial charge in [0, 0.05) is 39.4 Å². The number of nitrogens with zero attached hydrogens (tertiary/aromatic N) is 4. The van der Waals surface area contributed by atoms with Crippen LogP contribution in [0.2, 0.25) is 5.15 Å². The third-order valence-electron chi connectivity index (χ3n) is 4.09. The monoisotopic (exact) mass is 459 g/mol. The Hall–Kier alpha value is -2.41. The van der Waals surface area contributed by atoms with Crippen molar-refractivity contribution in [1.29, 1.82) is 0 Å². The Balaban J connectivity index is 1.84. The molecular formula is C16H18ClN5O5S2. The van der Waals surface area contributed by atoms with Crippen LogP contribution in [0.15, 0.2) is 31.6 Å². The molecule has 1 aromatic carbocycles. The van der Waals surface area contributed by atoms with Crippen LogP contribution in [0.5, 0.6) is 0 Å². The van der Waals surface area contributed by atoms with Crippen LogP contribution in [0.3, 0.4) is 0 Å². The van der Waals surface area contributed by atoms with E-state index in [1.807, 2.05) is 6.92 Å². The molecule has 0 spiro atoms. The number of oxazole rings is 1. The lowest BCUT2D eigenvalue weighted by atomic mass is 10.3. The highest BCUT2D eigenvalue weighted by Crippen LogP contribution is 2.34. The average Bonchev–Trinajstić information content (AvgIpc) is 3.19. The van der Waals surface area contributed by atoms with Crippen molar-refractivity contribution < 1.29 is 17.6 Å². The minimum absolute atomic E-state index is 0.109. The summed E-state index contributed by atoms with van der Waals surface area (Å²) >= 11 is 6.75. The van der Waals surface area contributed by atoms with E-state index in [1.165, 1.54) is 31.8 Å². The van der Waals surface area contributed by atoms with Crippen molar-refractivity contribution in [1.82, 2.24) is 13.9 Å². The molecule has 29 heavy (non-hydrogen) atoms. The van der Waals surface area contributed by atoms with Gasteiger partial charge in [-0.2, -0.15) is 0 Å². The molecule has 0 aliphatic carbocycles. The number of aryl methyl sites for hydroxylation is 1. The van der Waals surface area contributed by atoms with Gasteiger partial charge in [0.05, 0.1) is 5.52 Å². The molecule has 13 heteroatoms. The molecule has 0 atom stereocenters. The third-order valence-corrected chi connectivity index (χ3v) is 8.02. The number of sulfonamides is 1. The number of carbonyl (C=O) groups is 1. The first-order chi connectivity index (χ1) is 13.6. The fourth-order valence-corrected chi connectivity index (χ4v) is 5.36. The van der Waals surface area contributed by atoms with Crippen molar-refractivity contribution in [3.05, 3.63) is 33.9 Å². The lowest BCUT2D eigenvalue weighted by Gasteiger charge is -2.14. The van der Waals surface area contributed by atoms with Gasteiger partial charge in [-0.3, -0.25) is 9.47 Å². The number of halogens is 1. The number of fused-ring (bicyclic) bond motifs is 1. The maximum absolute atomic E-state index is 12.6. The van der Waals surface area contributed by atoms with E-state index in [9.17, 15) is 18.0 Å². The zero-order valence-electron chi connectivity index (χ0n) is 16.0. The summed E-state index contributed by atoms with van der Waals surface area (Å²) in [7, 11) is 0.408. The molecule has 0 saturated heterocycles. The molecule has 0 aliphatic heterocycles. The van der Waals surface area contributed by atoms with Crippen molar-refractivity contribution in [2.24, 2.45) is 0 Å². The number of aromatic nitrogens is 2. The van der Waals surface area contributed by atoms with E-state index >= 15 is 0 Å². The van der Waals surface area contributed by atoms with E-state index in [0.29, 0.717) is 23.3 Å². The summed E-state index contributed by atoms with van der Waals surface area (Å²) in [5, 5.41) is 2.55. The highest BCUT2D eigenvalue weighted by molar-refractivity contribution is 7.91. The Labute approximate surface area is 175 Å². The fourth-order valence-electron chi connectivity index (χ4n) is 2.48. The summed E-state index contributed by atoms with van der Waals surface area (Å²) in [6.45, 7) is 2.29. The minimum Gasteiger partial charge on any atom is -0.408 e. The zero-order chi connectivity index (χ0) is 21.5. The molecule has 0 saturated carbocycles. The molecule has 0 bridgehead atoms. The van der Waals surface area contributed by atoms with Gasteiger partial charge in [-0.1, -0.05) is 22.9 Å². The Morgan fingerprint density at radius 1 is 1.34 bits per heavy atom. The molecule has 0 unspecified atom stereocenters. The molecule has 10 nitrogen and oxygen atoms in total. The van der Waals surface area contributed by atoms with E-state index in [4.69, 9.17) is 16.0 Å². The molecule has 1 N–H and O–H groups in total. The minimum atomic E-state index is -3.78. The molecule has 3 aromatic rings. The lowest BCUT2D eigenvalue weighted by molar-refractivity contribution is 0.258. The van der Waals surface area contributed by atoms with Crippen LogP contribution >= 0.6 is 22.9 Å². The quantitative estimate of drug-likeness (QED) is 0.626. The van der Waals surface area contributed by atoms with Gasteiger partial charge in [0.25, 0.3) is 10.0 Å². The van der Waals surface area contributed by atoms with Gasteiger partial charge in [-0.25, -0.2) is 27.3 Å². The number of hydrogen-bond acceptors (Lipinski definition) is 7. The summed E-state index contributed by atoms with van der Waals surface area (Å²) in [5.41, 5.74) is 1.36. The number of hydrogen-bond donors (Lipinski definition) is 1. The van der Waals surface area contributed by atoms with Gasteiger partial charge in [0.2, 0.25) is 0 Å². The Morgan fingerprint density at radius 3 is 2.66 bits per heavy atom. The number of thiazole rings is 1. The molecule has 0 radical (unpaired) electrons. The second-order valence-electron chi connectivity index (χ2n) is 6.15. The average molecular weight is 460 g/mol. The second kappa shape index (κ2) is 7.78. The summed E-state index contributed by atoms with van der Waals surface area (Å²) in [4.78, 5) is 29.5. The topological polar surface area (TPSA) is 118 Å². The lowest BCUT2D eigenvalue weighted by Crippen LogP contribution is -2.31. The normalized spacial score (nSPS) is 11.9. The van der Waals surface area contributed by atoms with Crippen LogP contribution in [0.25, 0.3) is 11.1 Å². The third kappa shape index (κ3) is 3.88. The Morgan fingerprint density at radius 2 is 2.03 bits per heavy atom. The molecule has 3 rings (SSSR count). The second-order valence-corrected chi connectivity index (χ2v) is 9.83. The molecule has 2 amide bonds. The van der Waals surface area contributed by atoms with Crippen LogP contribution in [-0.2, 0) is 16.6 Å². The summed E-state index contributed by atoms with van der Waals surface area (Å²) in [6, 6.07) is 4.26. The van der Waals surface area contributed by atoms with Crippen molar-refractivity contribution in [2.75, 3.05) is 31.4 Å². The molecule has 2 heterocycles. The summed E-state index contributed by atoms with van der Waals surface area (Å²) in [5.74, 6) is -0.477. The number of nitrogens with one attached hydrogen (secondary N) is 1. The van der Waals surface area contributed by atoms with Gasteiger partial charge in [0.1, 0.15) is 0 Å². The highest BCUT2D eigenvalue weighted by atomic mass is 35.5. The van der Waals surface area contributed by atoms with E-state index < -0.39 is 21.8 Å². The standard InChI is InChI=1S/C16H18ClN5O5S2/c1-5-22-10-7-6-9(8-11(10)27-16(22)24)18-14(23)21(4)15-19-12(17)13(28-15)29(25,26)20(2)3/h6-8H,5H2,1-4H3,(H,18,23). The molecule has 2 aromatic heterocycles. The van der Waals surface area contributed by atoms with Crippen LogP contribution in [0.4, 0.5) is 15.6 Å². The van der Waals surface area contributed by atoms with Crippen LogP contribution in [0.1, 0.15) is 6.92 Å². The van der Waals surface area contributed by atoms with Gasteiger partial charge in [-0.05, 0) is 19.1 Å². The Kier molecular flexibility index (Phi) is 5.72. The maximum atomic E-state index is 12.6. The largest absolute Gasteiger partial charge is 0.419 e. The Bertz CT molecular complexity index is 1240.